The third-order valence-corrected chi connectivity index (χ3v) is 1.94. The van der Waals surface area contributed by atoms with E-state index < -0.39 is 12.0 Å². The summed E-state index contributed by atoms with van der Waals surface area (Å²) in [6.45, 7) is 1.96. The van der Waals surface area contributed by atoms with Crippen LogP contribution in [0.3, 0.4) is 0 Å². The SMILES string of the molecule is CCOC(=O)/C=N/N(C)C(=O)Nc1ccccc1. The summed E-state index contributed by atoms with van der Waals surface area (Å²) in [5, 5.41) is 7.30. The van der Waals surface area contributed by atoms with Crippen molar-refractivity contribution < 1.29 is 14.3 Å². The van der Waals surface area contributed by atoms with Gasteiger partial charge in [-0.05, 0) is 19.1 Å². The third-order valence-electron chi connectivity index (χ3n) is 1.94. The fraction of sp³-hybridized carbons (Fsp3) is 0.250. The molecular weight excluding hydrogens is 234 g/mol. The summed E-state index contributed by atoms with van der Waals surface area (Å²) < 4.78 is 4.64. The maximum Gasteiger partial charge on any atom is 0.351 e. The van der Waals surface area contributed by atoms with Crippen LogP contribution in [0.25, 0.3) is 0 Å². The zero-order valence-electron chi connectivity index (χ0n) is 10.3. The summed E-state index contributed by atoms with van der Waals surface area (Å²) in [6, 6.07) is 8.51. The van der Waals surface area contributed by atoms with Crippen LogP contribution in [0, 0.1) is 0 Å². The molecule has 1 rings (SSSR count). The zero-order chi connectivity index (χ0) is 13.4. The lowest BCUT2D eigenvalue weighted by Gasteiger charge is -2.11. The first kappa shape index (κ1) is 13.7. The maximum absolute atomic E-state index is 11.6. The van der Waals surface area contributed by atoms with Crippen molar-refractivity contribution >= 4 is 23.9 Å². The van der Waals surface area contributed by atoms with Gasteiger partial charge < -0.3 is 10.1 Å². The normalized spacial score (nSPS) is 10.1. The Morgan fingerprint density at radius 2 is 2.06 bits per heavy atom. The van der Waals surface area contributed by atoms with Crippen LogP contribution >= 0.6 is 0 Å². The van der Waals surface area contributed by atoms with Crippen LogP contribution in [0.15, 0.2) is 35.4 Å². The van der Waals surface area contributed by atoms with Gasteiger partial charge in [0, 0.05) is 12.7 Å². The van der Waals surface area contributed by atoms with Crippen LogP contribution in [0.2, 0.25) is 0 Å². The minimum atomic E-state index is -0.586. The van der Waals surface area contributed by atoms with Crippen LogP contribution < -0.4 is 5.32 Å². The van der Waals surface area contributed by atoms with Gasteiger partial charge in [0.15, 0.2) is 0 Å². The second-order valence-electron chi connectivity index (χ2n) is 3.32. The molecule has 0 radical (unpaired) electrons. The number of nitrogens with zero attached hydrogens (tertiary/aromatic N) is 2. The number of carbonyl (C=O) groups excluding carboxylic acids is 2. The number of amides is 2. The fourth-order valence-corrected chi connectivity index (χ4v) is 1.09. The second kappa shape index (κ2) is 7.05. The summed E-state index contributed by atoms with van der Waals surface area (Å²) in [4.78, 5) is 22.6. The van der Waals surface area contributed by atoms with Crippen molar-refractivity contribution in [1.82, 2.24) is 5.01 Å². The molecule has 0 aromatic heterocycles. The molecule has 0 saturated heterocycles. The monoisotopic (exact) mass is 249 g/mol. The van der Waals surface area contributed by atoms with Crippen molar-refractivity contribution in [3.05, 3.63) is 30.3 Å². The van der Waals surface area contributed by atoms with Crippen LogP contribution in [0.5, 0.6) is 0 Å². The fourth-order valence-electron chi connectivity index (χ4n) is 1.09. The van der Waals surface area contributed by atoms with E-state index in [1.807, 2.05) is 6.07 Å². The largest absolute Gasteiger partial charge is 0.462 e. The van der Waals surface area contributed by atoms with E-state index in [-0.39, 0.29) is 6.61 Å². The lowest BCUT2D eigenvalue weighted by atomic mass is 10.3. The van der Waals surface area contributed by atoms with Gasteiger partial charge in [0.25, 0.3) is 0 Å². The molecule has 0 atom stereocenters. The number of nitrogens with one attached hydrogen (secondary N) is 1. The Balaban J connectivity index is 2.49. The Morgan fingerprint density at radius 3 is 2.67 bits per heavy atom. The minimum absolute atomic E-state index is 0.269. The maximum atomic E-state index is 11.6. The third kappa shape index (κ3) is 4.65. The number of hydrazone groups is 1. The molecule has 0 spiro atoms. The van der Waals surface area contributed by atoms with Crippen molar-refractivity contribution in [1.29, 1.82) is 0 Å². The van der Waals surface area contributed by atoms with Crippen LogP contribution in [0.1, 0.15) is 6.92 Å². The van der Waals surface area contributed by atoms with Gasteiger partial charge in [0.05, 0.1) is 6.61 Å². The van der Waals surface area contributed by atoms with Gasteiger partial charge in [-0.15, -0.1) is 0 Å². The average molecular weight is 249 g/mol. The first-order valence-electron chi connectivity index (χ1n) is 5.44. The molecule has 0 aliphatic heterocycles. The van der Waals surface area contributed by atoms with E-state index in [1.165, 1.54) is 7.05 Å². The number of hydrogen-bond acceptors (Lipinski definition) is 4. The summed E-state index contributed by atoms with van der Waals surface area (Å²) in [7, 11) is 1.44. The molecule has 0 aliphatic rings. The molecule has 96 valence electrons. The van der Waals surface area contributed by atoms with E-state index in [1.54, 1.807) is 31.2 Å². The predicted molar refractivity (Wildman–Crippen MR) is 68.3 cm³/mol. The van der Waals surface area contributed by atoms with E-state index in [4.69, 9.17) is 0 Å². The number of para-hydroxylation sites is 1. The van der Waals surface area contributed by atoms with Gasteiger partial charge in [-0.1, -0.05) is 18.2 Å². The zero-order valence-corrected chi connectivity index (χ0v) is 10.3. The standard InChI is InChI=1S/C12H15N3O3/c1-3-18-11(16)9-13-15(2)12(17)14-10-7-5-4-6-8-10/h4-9H,3H2,1-2H3,(H,14,17)/b13-9+. The first-order valence-corrected chi connectivity index (χ1v) is 5.44. The molecule has 6 nitrogen and oxygen atoms in total. The molecule has 0 bridgehead atoms. The van der Waals surface area contributed by atoms with Gasteiger partial charge in [-0.25, -0.2) is 14.6 Å². The molecule has 18 heavy (non-hydrogen) atoms. The van der Waals surface area contributed by atoms with Gasteiger partial charge in [-0.2, -0.15) is 5.10 Å². The molecule has 2 amide bonds. The Kier molecular flexibility index (Phi) is 5.37. The summed E-state index contributed by atoms with van der Waals surface area (Å²) in [5.74, 6) is -0.586. The first-order chi connectivity index (χ1) is 8.63. The number of anilines is 1. The van der Waals surface area contributed by atoms with E-state index in [2.05, 4.69) is 15.2 Å². The molecule has 0 aliphatic carbocycles. The minimum Gasteiger partial charge on any atom is -0.462 e. The van der Waals surface area contributed by atoms with Crippen molar-refractivity contribution in [3.63, 3.8) is 0 Å². The Hall–Kier alpha value is -2.37. The summed E-state index contributed by atoms with van der Waals surface area (Å²) in [6.07, 6.45) is 0.952. The molecule has 0 saturated carbocycles. The predicted octanol–water partition coefficient (Wildman–Crippen LogP) is 1.70. The molecule has 6 heteroatoms. The van der Waals surface area contributed by atoms with E-state index >= 15 is 0 Å². The van der Waals surface area contributed by atoms with Gasteiger partial charge in [0.2, 0.25) is 0 Å². The number of ether oxygens (including phenoxy) is 1. The number of urea groups is 1. The number of hydrogen-bond donors (Lipinski definition) is 1. The van der Waals surface area contributed by atoms with Crippen molar-refractivity contribution in [2.24, 2.45) is 5.10 Å². The number of rotatable bonds is 4. The van der Waals surface area contributed by atoms with E-state index in [0.29, 0.717) is 5.69 Å². The van der Waals surface area contributed by atoms with E-state index in [0.717, 1.165) is 11.2 Å². The highest BCUT2D eigenvalue weighted by Gasteiger charge is 2.07. The van der Waals surface area contributed by atoms with Crippen molar-refractivity contribution in [2.45, 2.75) is 6.92 Å². The quantitative estimate of drug-likeness (QED) is 0.501. The lowest BCUT2D eigenvalue weighted by molar-refractivity contribution is -0.134. The number of benzene rings is 1. The van der Waals surface area contributed by atoms with Crippen LogP contribution in [-0.2, 0) is 9.53 Å². The van der Waals surface area contributed by atoms with Gasteiger partial charge in [0.1, 0.15) is 6.21 Å². The molecule has 1 aromatic carbocycles. The second-order valence-corrected chi connectivity index (χ2v) is 3.32. The molecular formula is C12H15N3O3. The Bertz CT molecular complexity index is 431. The highest BCUT2D eigenvalue weighted by molar-refractivity contribution is 6.23. The number of esters is 1. The highest BCUT2D eigenvalue weighted by Crippen LogP contribution is 2.05. The lowest BCUT2D eigenvalue weighted by Crippen LogP contribution is -2.27. The van der Waals surface area contributed by atoms with Crippen LogP contribution in [-0.4, -0.2) is 36.9 Å². The van der Waals surface area contributed by atoms with E-state index in [9.17, 15) is 9.59 Å². The summed E-state index contributed by atoms with van der Waals surface area (Å²) >= 11 is 0. The topological polar surface area (TPSA) is 71.0 Å². The number of carbonyl (C=O) groups is 2. The van der Waals surface area contributed by atoms with Crippen LogP contribution in [0.4, 0.5) is 10.5 Å². The molecule has 0 fully saturated rings. The summed E-state index contributed by atoms with van der Waals surface area (Å²) in [5.41, 5.74) is 0.653. The van der Waals surface area contributed by atoms with Crippen molar-refractivity contribution in [3.8, 4) is 0 Å². The molecule has 0 heterocycles. The smallest absolute Gasteiger partial charge is 0.351 e. The van der Waals surface area contributed by atoms with Gasteiger partial charge in [-0.3, -0.25) is 0 Å². The Labute approximate surface area is 105 Å². The molecule has 1 aromatic rings. The highest BCUT2D eigenvalue weighted by atomic mass is 16.5. The molecule has 0 unspecified atom stereocenters. The van der Waals surface area contributed by atoms with Gasteiger partial charge >= 0.3 is 12.0 Å². The van der Waals surface area contributed by atoms with Crippen molar-refractivity contribution in [2.75, 3.05) is 19.0 Å². The Morgan fingerprint density at radius 1 is 1.39 bits per heavy atom. The average Bonchev–Trinajstić information content (AvgIpc) is 2.37. The molecule has 1 N–H and O–H groups in total.